The normalized spacial score (nSPS) is 12.0. The van der Waals surface area contributed by atoms with Crippen molar-refractivity contribution < 1.29 is 28.6 Å². The lowest BCUT2D eigenvalue weighted by molar-refractivity contribution is -0.167. The van der Waals surface area contributed by atoms with Crippen LogP contribution in [-0.2, 0) is 28.6 Å². The number of esters is 3. The number of hydrogen-bond acceptors (Lipinski definition) is 6. The molecule has 0 heterocycles. The van der Waals surface area contributed by atoms with E-state index in [1.165, 1.54) is 225 Å². The summed E-state index contributed by atoms with van der Waals surface area (Å²) in [7, 11) is 0. The maximum atomic E-state index is 12.8. The summed E-state index contributed by atoms with van der Waals surface area (Å²) in [5.74, 6) is -0.850. The molecule has 6 nitrogen and oxygen atoms in total. The lowest BCUT2D eigenvalue weighted by atomic mass is 10.0. The zero-order valence-electron chi connectivity index (χ0n) is 44.0. The average Bonchev–Trinajstić information content (AvgIpc) is 3.30. The number of carbonyl (C=O) groups excluding carboxylic acids is 3. The third kappa shape index (κ3) is 53.0. The van der Waals surface area contributed by atoms with Gasteiger partial charge in [0.1, 0.15) is 13.2 Å². The molecule has 0 fully saturated rings. The van der Waals surface area contributed by atoms with Crippen LogP contribution < -0.4 is 0 Å². The van der Waals surface area contributed by atoms with Crippen LogP contribution in [0.2, 0.25) is 0 Å². The zero-order valence-corrected chi connectivity index (χ0v) is 44.0. The van der Waals surface area contributed by atoms with Gasteiger partial charge in [0.25, 0.3) is 0 Å². The lowest BCUT2D eigenvalue weighted by Gasteiger charge is -2.18. The number of unbranched alkanes of at least 4 members (excludes halogenated alkanes) is 41. The van der Waals surface area contributed by atoms with Crippen LogP contribution in [-0.4, -0.2) is 37.2 Å². The summed E-state index contributed by atoms with van der Waals surface area (Å²) in [6, 6.07) is 0. The molecule has 1 atom stereocenters. The van der Waals surface area contributed by atoms with E-state index in [0.717, 1.165) is 64.2 Å². The minimum absolute atomic E-state index is 0.0664. The van der Waals surface area contributed by atoms with Gasteiger partial charge >= 0.3 is 17.9 Å². The van der Waals surface area contributed by atoms with E-state index in [9.17, 15) is 14.4 Å². The molecule has 384 valence electrons. The van der Waals surface area contributed by atoms with Crippen LogP contribution in [0.3, 0.4) is 0 Å². The minimum atomic E-state index is -0.767. The summed E-state index contributed by atoms with van der Waals surface area (Å²) >= 11 is 0. The van der Waals surface area contributed by atoms with Gasteiger partial charge in [-0.25, -0.2) is 0 Å². The Morgan fingerprint density at radius 2 is 0.508 bits per heavy atom. The van der Waals surface area contributed by atoms with Gasteiger partial charge in [-0.3, -0.25) is 14.4 Å². The molecular formula is C59H112O6. The van der Waals surface area contributed by atoms with E-state index in [4.69, 9.17) is 14.2 Å². The van der Waals surface area contributed by atoms with Crippen molar-refractivity contribution >= 4 is 17.9 Å². The molecule has 0 aromatic rings. The largest absolute Gasteiger partial charge is 0.462 e. The van der Waals surface area contributed by atoms with Crippen molar-refractivity contribution in [3.05, 3.63) is 12.2 Å². The van der Waals surface area contributed by atoms with Gasteiger partial charge < -0.3 is 14.2 Å². The summed E-state index contributed by atoms with van der Waals surface area (Å²) < 4.78 is 16.9. The molecular weight excluding hydrogens is 805 g/mol. The van der Waals surface area contributed by atoms with Crippen LogP contribution in [0.1, 0.15) is 329 Å². The molecule has 0 saturated heterocycles. The highest BCUT2D eigenvalue weighted by Crippen LogP contribution is 2.17. The van der Waals surface area contributed by atoms with E-state index in [2.05, 4.69) is 32.9 Å². The van der Waals surface area contributed by atoms with Crippen molar-refractivity contribution in [3.63, 3.8) is 0 Å². The first-order valence-electron chi connectivity index (χ1n) is 29.2. The Morgan fingerprint density at radius 1 is 0.292 bits per heavy atom. The Hall–Kier alpha value is -1.85. The maximum absolute atomic E-state index is 12.8. The molecule has 0 saturated carbocycles. The van der Waals surface area contributed by atoms with Gasteiger partial charge in [0.2, 0.25) is 0 Å². The lowest BCUT2D eigenvalue weighted by Crippen LogP contribution is -2.30. The van der Waals surface area contributed by atoms with Gasteiger partial charge in [0, 0.05) is 19.3 Å². The molecule has 0 radical (unpaired) electrons. The molecule has 65 heavy (non-hydrogen) atoms. The SMILES string of the molecule is CCCCCCC/C=C\CCCCCCCC(=O)OC[C@H](COC(=O)CCCCCCCCCCCCCCCCCCCC)OC(=O)CCCCCCCCCCCCCCCCC. The molecule has 0 aliphatic heterocycles. The van der Waals surface area contributed by atoms with Gasteiger partial charge in [-0.05, 0) is 44.9 Å². The summed E-state index contributed by atoms with van der Waals surface area (Å²) in [6.07, 6.45) is 62.0. The monoisotopic (exact) mass is 917 g/mol. The highest BCUT2D eigenvalue weighted by atomic mass is 16.6. The molecule has 0 aliphatic carbocycles. The standard InChI is InChI=1S/C59H112O6/c1-4-7-10-13-16-19-22-25-28-29-30-32-34-37-40-43-46-49-52-58(61)64-55-56(54-63-57(60)51-48-45-42-39-36-33-27-24-21-18-15-12-9-6-3)65-59(62)53-50-47-44-41-38-35-31-26-23-20-17-14-11-8-5-2/h24,27,56H,4-23,25-26,28-55H2,1-3H3/b27-24-/t56-/m1/s1. The Bertz CT molecular complexity index is 1010. The van der Waals surface area contributed by atoms with Gasteiger partial charge in [0.15, 0.2) is 6.10 Å². The van der Waals surface area contributed by atoms with Gasteiger partial charge in [-0.1, -0.05) is 277 Å². The Morgan fingerprint density at radius 3 is 0.769 bits per heavy atom. The second-order valence-corrected chi connectivity index (χ2v) is 19.9. The third-order valence-electron chi connectivity index (χ3n) is 13.3. The van der Waals surface area contributed by atoms with Crippen LogP contribution in [0.4, 0.5) is 0 Å². The fourth-order valence-corrected chi connectivity index (χ4v) is 8.85. The minimum Gasteiger partial charge on any atom is -0.462 e. The average molecular weight is 918 g/mol. The van der Waals surface area contributed by atoms with E-state index in [0.29, 0.717) is 19.3 Å². The first kappa shape index (κ1) is 63.1. The van der Waals surface area contributed by atoms with Gasteiger partial charge in [-0.2, -0.15) is 0 Å². The van der Waals surface area contributed by atoms with E-state index >= 15 is 0 Å². The predicted octanol–water partition coefficient (Wildman–Crippen LogP) is 19.3. The van der Waals surface area contributed by atoms with Crippen molar-refractivity contribution in [3.8, 4) is 0 Å². The quantitative estimate of drug-likeness (QED) is 0.0262. The smallest absolute Gasteiger partial charge is 0.306 e. The van der Waals surface area contributed by atoms with E-state index in [1.54, 1.807) is 0 Å². The summed E-state index contributed by atoms with van der Waals surface area (Å²) in [5.41, 5.74) is 0. The van der Waals surface area contributed by atoms with E-state index < -0.39 is 6.10 Å². The van der Waals surface area contributed by atoms with Crippen LogP contribution in [0.25, 0.3) is 0 Å². The van der Waals surface area contributed by atoms with Crippen LogP contribution in [0, 0.1) is 0 Å². The van der Waals surface area contributed by atoms with Crippen LogP contribution in [0.5, 0.6) is 0 Å². The number of rotatable bonds is 54. The van der Waals surface area contributed by atoms with Crippen molar-refractivity contribution in [1.82, 2.24) is 0 Å². The van der Waals surface area contributed by atoms with Crippen LogP contribution in [0.15, 0.2) is 12.2 Å². The maximum Gasteiger partial charge on any atom is 0.306 e. The molecule has 0 unspecified atom stereocenters. The van der Waals surface area contributed by atoms with Crippen molar-refractivity contribution in [2.24, 2.45) is 0 Å². The summed E-state index contributed by atoms with van der Waals surface area (Å²) in [6.45, 7) is 6.68. The Labute approximate surface area is 405 Å². The fraction of sp³-hybridized carbons (Fsp3) is 0.915. The number of ether oxygens (including phenoxy) is 3. The fourth-order valence-electron chi connectivity index (χ4n) is 8.85. The van der Waals surface area contributed by atoms with Crippen molar-refractivity contribution in [2.75, 3.05) is 13.2 Å². The number of allylic oxidation sites excluding steroid dienone is 2. The predicted molar refractivity (Wildman–Crippen MR) is 280 cm³/mol. The molecule has 0 bridgehead atoms. The number of carbonyl (C=O) groups is 3. The summed E-state index contributed by atoms with van der Waals surface area (Å²) in [4.78, 5) is 38.1. The molecule has 0 rings (SSSR count). The molecule has 6 heteroatoms. The molecule has 0 amide bonds. The topological polar surface area (TPSA) is 78.9 Å². The molecule has 0 N–H and O–H groups in total. The van der Waals surface area contributed by atoms with Gasteiger partial charge in [0.05, 0.1) is 0 Å². The van der Waals surface area contributed by atoms with Crippen molar-refractivity contribution in [1.29, 1.82) is 0 Å². The Balaban J connectivity index is 4.30. The first-order valence-corrected chi connectivity index (χ1v) is 29.2. The van der Waals surface area contributed by atoms with E-state index in [1.807, 2.05) is 0 Å². The molecule has 0 aromatic heterocycles. The molecule has 0 aromatic carbocycles. The second kappa shape index (κ2) is 54.8. The van der Waals surface area contributed by atoms with Gasteiger partial charge in [-0.15, -0.1) is 0 Å². The number of hydrogen-bond donors (Lipinski definition) is 0. The highest BCUT2D eigenvalue weighted by Gasteiger charge is 2.19. The summed E-state index contributed by atoms with van der Waals surface area (Å²) in [5, 5.41) is 0. The van der Waals surface area contributed by atoms with E-state index in [-0.39, 0.29) is 31.1 Å². The van der Waals surface area contributed by atoms with Crippen molar-refractivity contribution in [2.45, 2.75) is 335 Å². The first-order chi connectivity index (χ1) is 32.0. The Kier molecular flexibility index (Phi) is 53.2. The second-order valence-electron chi connectivity index (χ2n) is 19.9. The molecule has 0 aliphatic rings. The third-order valence-corrected chi connectivity index (χ3v) is 13.3. The highest BCUT2D eigenvalue weighted by molar-refractivity contribution is 5.71. The zero-order chi connectivity index (χ0) is 47.2. The van der Waals surface area contributed by atoms with Crippen LogP contribution >= 0.6 is 0 Å². The molecule has 0 spiro atoms.